The minimum absolute atomic E-state index is 0.00423. The average molecular weight is 1380 g/mol. The van der Waals surface area contributed by atoms with Gasteiger partial charge >= 0.3 is 0 Å². The molecule has 2 aliphatic heterocycles. The number of piperazine rings is 1. The molecule has 99 heavy (non-hydrogen) atoms. The fourth-order valence-corrected chi connectivity index (χ4v) is 13.1. The molecule has 0 bridgehead atoms. The number of nitrogens with zero attached hydrogens (tertiary/aromatic N) is 17. The predicted octanol–water partition coefficient (Wildman–Crippen LogP) is 12.3. The normalized spacial score (nSPS) is 13.8. The van der Waals surface area contributed by atoms with Crippen molar-refractivity contribution in [3.05, 3.63) is 209 Å². The van der Waals surface area contributed by atoms with Gasteiger partial charge < -0.3 is 29.8 Å². The van der Waals surface area contributed by atoms with Gasteiger partial charge in [-0.2, -0.15) is 15.3 Å². The summed E-state index contributed by atoms with van der Waals surface area (Å²) in [6.45, 7) is 12.1. The Bertz CT molecular complexity index is 4800. The highest BCUT2D eigenvalue weighted by Gasteiger charge is 2.31. The topological polar surface area (TPSA) is 210 Å². The molecule has 6 aromatic carbocycles. The summed E-state index contributed by atoms with van der Waals surface area (Å²) in [5.41, 5.74) is 11.7. The Morgan fingerprint density at radius 1 is 0.444 bits per heavy atom. The molecule has 2 fully saturated rings. The highest BCUT2D eigenvalue weighted by atomic mass is 35.5. The maximum absolute atomic E-state index is 13.1. The number of allylic oxidation sites excluding steroid dienone is 1. The van der Waals surface area contributed by atoms with E-state index in [1.54, 1.807) is 14.0 Å². The van der Waals surface area contributed by atoms with Crippen LogP contribution in [0.1, 0.15) is 19.8 Å². The van der Waals surface area contributed by atoms with Crippen LogP contribution >= 0.6 is 34.8 Å². The number of carbonyl (C=O) groups excluding carboxylic acids is 3. The third-order valence-corrected chi connectivity index (χ3v) is 18.6. The molecule has 14 rings (SSSR count). The monoisotopic (exact) mass is 1380 g/mol. The van der Waals surface area contributed by atoms with E-state index in [-0.39, 0.29) is 37.4 Å². The van der Waals surface area contributed by atoms with Gasteiger partial charge in [0.1, 0.15) is 53.8 Å². The van der Waals surface area contributed by atoms with Crippen LogP contribution in [0.4, 0.5) is 0 Å². The number of amides is 3. The van der Waals surface area contributed by atoms with Gasteiger partial charge in [0.05, 0.1) is 31.2 Å². The molecule has 6 aromatic heterocycles. The molecule has 1 N–H and O–H groups in total. The summed E-state index contributed by atoms with van der Waals surface area (Å²) in [6.07, 6.45) is 1.85. The third-order valence-electron chi connectivity index (χ3n) is 17.5. The lowest BCUT2D eigenvalue weighted by Crippen LogP contribution is -2.48. The lowest BCUT2D eigenvalue weighted by Gasteiger charge is -2.36. The number of likely N-dealkylation sites (tertiary alicyclic amines) is 1. The number of fused-ring (bicyclic) bond motifs is 3. The van der Waals surface area contributed by atoms with Crippen molar-refractivity contribution < 1.29 is 14.4 Å². The Hall–Kier alpha value is -10.3. The predicted molar refractivity (Wildman–Crippen MR) is 391 cm³/mol. The first-order valence-corrected chi connectivity index (χ1v) is 33.9. The minimum Gasteiger partial charge on any atom is -0.372 e. The van der Waals surface area contributed by atoms with Gasteiger partial charge in [-0.15, -0.1) is 30.6 Å². The molecule has 0 aliphatic carbocycles. The molecule has 8 heterocycles. The Balaban J connectivity index is 0.000000141. The second-order valence-corrected chi connectivity index (χ2v) is 25.9. The van der Waals surface area contributed by atoms with Gasteiger partial charge in [0.2, 0.25) is 17.7 Å². The fourth-order valence-electron chi connectivity index (χ4n) is 12.1. The van der Waals surface area contributed by atoms with Crippen molar-refractivity contribution in [3.8, 4) is 67.5 Å². The summed E-state index contributed by atoms with van der Waals surface area (Å²) in [7, 11) is 8.12. The number of benzene rings is 6. The van der Waals surface area contributed by atoms with Gasteiger partial charge in [-0.3, -0.25) is 14.4 Å². The lowest BCUT2D eigenvalue weighted by atomic mass is 10.1. The van der Waals surface area contributed by atoms with Gasteiger partial charge in [-0.25, -0.2) is 14.0 Å². The van der Waals surface area contributed by atoms with Gasteiger partial charge in [0.25, 0.3) is 0 Å². The van der Waals surface area contributed by atoms with E-state index in [9.17, 15) is 14.4 Å². The number of aromatic nitrogens is 12. The molecule has 2 saturated heterocycles. The smallest absolute Gasteiger partial charge is 0.244 e. The zero-order valence-electron chi connectivity index (χ0n) is 55.8. The second kappa shape index (κ2) is 31.5. The Morgan fingerprint density at radius 3 is 1.09 bits per heavy atom. The van der Waals surface area contributed by atoms with E-state index in [0.717, 1.165) is 84.6 Å². The molecule has 1 atom stereocenters. The van der Waals surface area contributed by atoms with Crippen molar-refractivity contribution in [1.29, 1.82) is 0 Å². The van der Waals surface area contributed by atoms with E-state index in [2.05, 4.69) is 57.2 Å². The third kappa shape index (κ3) is 15.7. The molecular formula is C75H75Cl3N18O3. The van der Waals surface area contributed by atoms with Crippen LogP contribution in [0.3, 0.4) is 0 Å². The van der Waals surface area contributed by atoms with Crippen molar-refractivity contribution in [1.82, 2.24) is 89.7 Å². The minimum atomic E-state index is -0.127. The molecule has 2 aliphatic rings. The van der Waals surface area contributed by atoms with Crippen LogP contribution in [0.25, 0.3) is 101 Å². The van der Waals surface area contributed by atoms with E-state index < -0.39 is 0 Å². The molecule has 12 aromatic rings. The van der Waals surface area contributed by atoms with E-state index in [4.69, 9.17) is 50.1 Å². The van der Waals surface area contributed by atoms with Crippen LogP contribution in [0, 0.1) is 0 Å². The summed E-state index contributed by atoms with van der Waals surface area (Å²) in [4.78, 5) is 49.0. The molecule has 1 unspecified atom stereocenters. The number of hydrogen-bond donors (Lipinski definition) is 1. The number of carbonyl (C=O) groups is 3. The molecule has 504 valence electrons. The Morgan fingerprint density at radius 2 is 0.768 bits per heavy atom. The van der Waals surface area contributed by atoms with Crippen LogP contribution in [0.2, 0.25) is 15.1 Å². The molecular weight excluding hydrogens is 1310 g/mol. The zero-order valence-corrected chi connectivity index (χ0v) is 58.0. The summed E-state index contributed by atoms with van der Waals surface area (Å²) in [5.74, 6) is -0.110. The van der Waals surface area contributed by atoms with Crippen molar-refractivity contribution in [2.24, 2.45) is 0 Å². The summed E-state index contributed by atoms with van der Waals surface area (Å²) in [6, 6.07) is 58.9. The standard InChI is InChI=1S/C26H25ClN6O.C25H25ClN6O.C24H25ClN6O/c1-18(2)31-13-15-32(16-14-31)21(34)17-33-26-22(24(30-33)19-9-5-3-6-10-19)23(27)25(28-29-26)20-11-7-4-8-12-20;1-30(2)19-13-14-31(15-19)20(33)16-32-25-21(23(29-32)17-9-5-3-6-10-17)22(26)24(27-28-25)18-11-7-4-8-12-18;1-30(2)15-9-14-26-19(32)16-31-24-20(22(29-31)17-10-5-3-6-11-17)21(25)23(27-28-24)18-12-7-4-8-13-18/h3-12H,1,13-17H2,2H3;3-12,19H,13-16H2,1-2H3;3-8,10-13H,9,14-16H2,1-2H3,(H,26,32). The van der Waals surface area contributed by atoms with Gasteiger partial charge in [0.15, 0.2) is 16.9 Å². The highest BCUT2D eigenvalue weighted by Crippen LogP contribution is 2.41. The maximum atomic E-state index is 13.1. The Labute approximate surface area is 589 Å². The van der Waals surface area contributed by atoms with Crippen LogP contribution < -0.4 is 5.32 Å². The molecule has 21 nitrogen and oxygen atoms in total. The van der Waals surface area contributed by atoms with Crippen molar-refractivity contribution in [3.63, 3.8) is 0 Å². The molecule has 0 saturated carbocycles. The largest absolute Gasteiger partial charge is 0.372 e. The van der Waals surface area contributed by atoms with Crippen LogP contribution in [0.5, 0.6) is 0 Å². The zero-order chi connectivity index (χ0) is 69.1. The SMILES string of the molecule is C=C(C)N1CCN(C(=O)Cn2nc(-c3ccccc3)c3c(Cl)c(-c4ccccc4)nnc32)CC1.CN(C)C1CCN(C(=O)Cn2nc(-c3ccccc3)c3c(Cl)c(-c4ccccc4)nnc32)C1.CN(C)CCCNC(=O)Cn1nc(-c2ccccc2)c2c(Cl)c(-c3ccccc3)nnc21. The summed E-state index contributed by atoms with van der Waals surface area (Å²) in [5, 5.41) is 47.3. The van der Waals surface area contributed by atoms with Gasteiger partial charge in [0, 0.05) is 90.9 Å². The molecule has 24 heteroatoms. The van der Waals surface area contributed by atoms with Crippen molar-refractivity contribution in [2.75, 3.05) is 80.5 Å². The molecule has 0 spiro atoms. The highest BCUT2D eigenvalue weighted by molar-refractivity contribution is 6.40. The number of likely N-dealkylation sites (N-methyl/N-ethyl adjacent to an activating group) is 1. The number of nitrogens with one attached hydrogen (secondary N) is 1. The van der Waals surface area contributed by atoms with E-state index in [1.807, 2.05) is 227 Å². The first-order valence-electron chi connectivity index (χ1n) is 32.7. The van der Waals surface area contributed by atoms with Crippen LogP contribution in [-0.2, 0) is 34.0 Å². The summed E-state index contributed by atoms with van der Waals surface area (Å²) >= 11 is 20.7. The van der Waals surface area contributed by atoms with Crippen molar-refractivity contribution >= 4 is 85.6 Å². The maximum Gasteiger partial charge on any atom is 0.244 e. The molecule has 3 amide bonds. The number of rotatable bonds is 18. The van der Waals surface area contributed by atoms with Gasteiger partial charge in [-0.1, -0.05) is 223 Å². The van der Waals surface area contributed by atoms with Crippen LogP contribution in [-0.4, -0.2) is 189 Å². The second-order valence-electron chi connectivity index (χ2n) is 24.8. The van der Waals surface area contributed by atoms with Crippen LogP contribution in [0.15, 0.2) is 194 Å². The average Bonchev–Trinajstić information content (AvgIpc) is 1.65. The lowest BCUT2D eigenvalue weighted by molar-refractivity contribution is -0.133. The van der Waals surface area contributed by atoms with Gasteiger partial charge in [-0.05, 0) is 54.5 Å². The first kappa shape index (κ1) is 68.6. The first-order chi connectivity index (χ1) is 48.1. The quantitative estimate of drug-likeness (QED) is 0.0792. The number of halogens is 3. The van der Waals surface area contributed by atoms with E-state index >= 15 is 0 Å². The fraction of sp³-hybridized carbons (Fsp3) is 0.253. The van der Waals surface area contributed by atoms with E-state index in [0.29, 0.717) is 108 Å². The summed E-state index contributed by atoms with van der Waals surface area (Å²) < 4.78 is 4.84. The number of hydrogen-bond acceptors (Lipinski definition) is 15. The van der Waals surface area contributed by atoms with Crippen molar-refractivity contribution in [2.45, 2.75) is 45.4 Å². The van der Waals surface area contributed by atoms with E-state index in [1.165, 1.54) is 0 Å². The molecule has 0 radical (unpaired) electrons. The Kier molecular flexibility index (Phi) is 21.8.